The Morgan fingerprint density at radius 3 is 2.77 bits per heavy atom. The van der Waals surface area contributed by atoms with Gasteiger partial charge in [-0.2, -0.15) is 0 Å². The van der Waals surface area contributed by atoms with Gasteiger partial charge in [0.05, 0.1) is 5.02 Å². The van der Waals surface area contributed by atoms with Crippen LogP contribution in [0.4, 0.5) is 0 Å². The molecule has 0 aliphatic heterocycles. The first-order chi connectivity index (χ1) is 6.00. The maximum absolute atomic E-state index is 9.48. The van der Waals surface area contributed by atoms with E-state index in [9.17, 15) is 5.11 Å². The molecule has 1 N–H and O–H groups in total. The summed E-state index contributed by atoms with van der Waals surface area (Å²) in [4.78, 5) is 0. The molecule has 2 rings (SSSR count). The zero-order valence-corrected chi connectivity index (χ0v) is 8.65. The van der Waals surface area contributed by atoms with Crippen LogP contribution in [0.15, 0.2) is 12.1 Å². The highest BCUT2D eigenvalue weighted by molar-refractivity contribution is 6.32. The highest BCUT2D eigenvalue weighted by Gasteiger charge is 2.30. The molecule has 0 saturated heterocycles. The first kappa shape index (κ1) is 8.89. The van der Waals surface area contributed by atoms with Crippen molar-refractivity contribution in [3.8, 4) is 5.75 Å². The molecule has 70 valence electrons. The van der Waals surface area contributed by atoms with Gasteiger partial charge in [0.25, 0.3) is 0 Å². The van der Waals surface area contributed by atoms with Crippen LogP contribution in [0.3, 0.4) is 0 Å². The lowest BCUT2D eigenvalue weighted by Crippen LogP contribution is -2.11. The molecule has 0 bridgehead atoms. The normalized spacial score (nSPS) is 18.7. The summed E-state index contributed by atoms with van der Waals surface area (Å²) in [5.74, 6) is 0.204. The van der Waals surface area contributed by atoms with Gasteiger partial charge in [0.2, 0.25) is 0 Å². The second-order valence-electron chi connectivity index (χ2n) is 4.34. The van der Waals surface area contributed by atoms with Crippen molar-refractivity contribution in [3.05, 3.63) is 28.3 Å². The van der Waals surface area contributed by atoms with Crippen LogP contribution >= 0.6 is 11.6 Å². The summed E-state index contributed by atoms with van der Waals surface area (Å²) in [6, 6.07) is 3.70. The van der Waals surface area contributed by atoms with Crippen LogP contribution in [-0.4, -0.2) is 5.11 Å². The number of halogens is 1. The van der Waals surface area contributed by atoms with Gasteiger partial charge in [0.1, 0.15) is 5.75 Å². The Morgan fingerprint density at radius 1 is 1.38 bits per heavy atom. The molecule has 0 amide bonds. The molecule has 1 aliphatic carbocycles. The Hall–Kier alpha value is -0.690. The van der Waals surface area contributed by atoms with E-state index in [-0.39, 0.29) is 11.2 Å². The highest BCUT2D eigenvalue weighted by Crippen LogP contribution is 2.42. The second-order valence-corrected chi connectivity index (χ2v) is 4.75. The van der Waals surface area contributed by atoms with Gasteiger partial charge >= 0.3 is 0 Å². The maximum atomic E-state index is 9.48. The topological polar surface area (TPSA) is 20.2 Å². The van der Waals surface area contributed by atoms with Crippen molar-refractivity contribution in [2.45, 2.75) is 32.1 Å². The van der Waals surface area contributed by atoms with E-state index in [1.54, 1.807) is 0 Å². The van der Waals surface area contributed by atoms with Crippen LogP contribution in [0.25, 0.3) is 0 Å². The van der Waals surface area contributed by atoms with Gasteiger partial charge in [-0.1, -0.05) is 25.4 Å². The fourth-order valence-electron chi connectivity index (χ4n) is 2.02. The summed E-state index contributed by atoms with van der Waals surface area (Å²) in [5, 5.41) is 9.95. The quantitative estimate of drug-likeness (QED) is 0.675. The lowest BCUT2D eigenvalue weighted by molar-refractivity contribution is 0.469. The number of fused-ring (bicyclic) bond motifs is 1. The van der Waals surface area contributed by atoms with Gasteiger partial charge in [-0.05, 0) is 41.5 Å². The van der Waals surface area contributed by atoms with Crippen molar-refractivity contribution in [2.75, 3.05) is 0 Å². The first-order valence-electron chi connectivity index (χ1n) is 4.52. The molecule has 0 saturated carbocycles. The molecule has 0 radical (unpaired) electrons. The van der Waals surface area contributed by atoms with Crippen molar-refractivity contribution in [1.29, 1.82) is 0 Å². The van der Waals surface area contributed by atoms with E-state index in [4.69, 9.17) is 11.6 Å². The average Bonchev–Trinajstić information content (AvgIpc) is 2.31. The van der Waals surface area contributed by atoms with Crippen molar-refractivity contribution < 1.29 is 5.11 Å². The smallest absolute Gasteiger partial charge is 0.134 e. The highest BCUT2D eigenvalue weighted by atomic mass is 35.5. The molecule has 0 unspecified atom stereocenters. The molecule has 0 spiro atoms. The van der Waals surface area contributed by atoms with Crippen molar-refractivity contribution in [3.63, 3.8) is 0 Å². The van der Waals surface area contributed by atoms with Crippen LogP contribution < -0.4 is 0 Å². The van der Waals surface area contributed by atoms with Gasteiger partial charge in [-0.3, -0.25) is 0 Å². The maximum Gasteiger partial charge on any atom is 0.134 e. The lowest BCUT2D eigenvalue weighted by Gasteiger charge is -2.18. The largest absolute Gasteiger partial charge is 0.506 e. The van der Waals surface area contributed by atoms with E-state index >= 15 is 0 Å². The molecule has 13 heavy (non-hydrogen) atoms. The van der Waals surface area contributed by atoms with Gasteiger partial charge in [-0.15, -0.1) is 0 Å². The number of rotatable bonds is 0. The van der Waals surface area contributed by atoms with Crippen LogP contribution in [0.1, 0.15) is 31.4 Å². The third-order valence-electron chi connectivity index (χ3n) is 2.92. The first-order valence-corrected chi connectivity index (χ1v) is 4.90. The Bertz CT molecular complexity index is 355. The molecule has 1 aromatic carbocycles. The minimum Gasteiger partial charge on any atom is -0.506 e. The number of aromatic hydroxyl groups is 1. The monoisotopic (exact) mass is 196 g/mol. The van der Waals surface area contributed by atoms with Gasteiger partial charge in [0.15, 0.2) is 0 Å². The number of phenols is 1. The number of aryl methyl sites for hydroxylation is 1. The Kier molecular flexibility index (Phi) is 1.81. The van der Waals surface area contributed by atoms with Crippen LogP contribution in [0, 0.1) is 0 Å². The fourth-order valence-corrected chi connectivity index (χ4v) is 2.21. The van der Waals surface area contributed by atoms with Crippen LogP contribution in [0.5, 0.6) is 5.75 Å². The summed E-state index contributed by atoms with van der Waals surface area (Å²) < 4.78 is 0. The van der Waals surface area contributed by atoms with Crippen molar-refractivity contribution in [1.82, 2.24) is 0 Å². The number of hydrogen-bond acceptors (Lipinski definition) is 1. The fraction of sp³-hybridized carbons (Fsp3) is 0.455. The van der Waals surface area contributed by atoms with E-state index in [2.05, 4.69) is 13.8 Å². The second kappa shape index (κ2) is 2.65. The standard InChI is InChI=1S/C11H13ClO/c1-11(2)4-3-7-5-9(12)10(13)6-8(7)11/h5-6,13H,3-4H2,1-2H3. The zero-order valence-electron chi connectivity index (χ0n) is 7.89. The number of phenolic OH excluding ortho intramolecular Hbond substituents is 1. The summed E-state index contributed by atoms with van der Waals surface area (Å²) >= 11 is 5.84. The third-order valence-corrected chi connectivity index (χ3v) is 3.22. The minimum absolute atomic E-state index is 0.192. The number of hydrogen-bond donors (Lipinski definition) is 1. The summed E-state index contributed by atoms with van der Waals surface area (Å²) in [5.41, 5.74) is 2.72. The molecule has 2 heteroatoms. The molecular weight excluding hydrogens is 184 g/mol. The molecule has 1 aliphatic rings. The molecule has 1 nitrogen and oxygen atoms in total. The Labute approximate surface area is 83.3 Å². The van der Waals surface area contributed by atoms with Crippen LogP contribution in [0.2, 0.25) is 5.02 Å². The van der Waals surface area contributed by atoms with E-state index < -0.39 is 0 Å². The lowest BCUT2D eigenvalue weighted by atomic mass is 9.86. The zero-order chi connectivity index (χ0) is 9.64. The molecule has 0 aromatic heterocycles. The van der Waals surface area contributed by atoms with E-state index in [0.717, 1.165) is 12.8 Å². The van der Waals surface area contributed by atoms with E-state index in [0.29, 0.717) is 5.02 Å². The summed E-state index contributed by atoms with van der Waals surface area (Å²) in [6.45, 7) is 4.40. The molecule has 0 fully saturated rings. The summed E-state index contributed by atoms with van der Waals surface area (Å²) in [6.07, 6.45) is 2.21. The molecule has 0 atom stereocenters. The molecule has 1 aromatic rings. The molecular formula is C11H13ClO. The van der Waals surface area contributed by atoms with Crippen molar-refractivity contribution in [2.24, 2.45) is 0 Å². The minimum atomic E-state index is 0.192. The van der Waals surface area contributed by atoms with E-state index in [1.807, 2.05) is 12.1 Å². The van der Waals surface area contributed by atoms with Crippen LogP contribution in [-0.2, 0) is 11.8 Å². The number of benzene rings is 1. The summed E-state index contributed by atoms with van der Waals surface area (Å²) in [7, 11) is 0. The van der Waals surface area contributed by atoms with Crippen molar-refractivity contribution >= 4 is 11.6 Å². The van der Waals surface area contributed by atoms with Gasteiger partial charge in [-0.25, -0.2) is 0 Å². The third kappa shape index (κ3) is 1.31. The van der Waals surface area contributed by atoms with Gasteiger partial charge in [0, 0.05) is 0 Å². The molecule has 0 heterocycles. The predicted octanol–water partition coefficient (Wildman–Crippen LogP) is 3.27. The predicted molar refractivity (Wildman–Crippen MR) is 54.5 cm³/mol. The van der Waals surface area contributed by atoms with E-state index in [1.165, 1.54) is 11.1 Å². The SMILES string of the molecule is CC1(C)CCc2cc(Cl)c(O)cc21. The Balaban J connectivity index is 2.61. The average molecular weight is 197 g/mol. The Morgan fingerprint density at radius 2 is 2.08 bits per heavy atom. The van der Waals surface area contributed by atoms with Gasteiger partial charge < -0.3 is 5.11 Å².